The zero-order valence-corrected chi connectivity index (χ0v) is 10.6. The summed E-state index contributed by atoms with van der Waals surface area (Å²) in [5.74, 6) is -2.54. The van der Waals surface area contributed by atoms with Crippen molar-refractivity contribution in [2.75, 3.05) is 6.54 Å². The van der Waals surface area contributed by atoms with Crippen LogP contribution in [0, 0.1) is 11.6 Å². The molecule has 0 aliphatic carbocycles. The summed E-state index contributed by atoms with van der Waals surface area (Å²) in [7, 11) is 0. The molecular formula is C12H14ClF2NO2. The van der Waals surface area contributed by atoms with Gasteiger partial charge in [0.2, 0.25) is 0 Å². The van der Waals surface area contributed by atoms with E-state index >= 15 is 0 Å². The number of rotatable bonds is 5. The Balaban J connectivity index is 2.70. The first-order valence-electron chi connectivity index (χ1n) is 5.56. The molecule has 1 aromatic carbocycles. The van der Waals surface area contributed by atoms with Gasteiger partial charge in [0.25, 0.3) is 5.91 Å². The number of hydrogen-bond donors (Lipinski definition) is 2. The van der Waals surface area contributed by atoms with Gasteiger partial charge in [-0.15, -0.1) is 0 Å². The number of amides is 1. The van der Waals surface area contributed by atoms with Gasteiger partial charge >= 0.3 is 0 Å². The minimum Gasteiger partial charge on any atom is -0.391 e. The van der Waals surface area contributed by atoms with E-state index in [4.69, 9.17) is 11.6 Å². The molecule has 0 fully saturated rings. The molecule has 0 saturated carbocycles. The van der Waals surface area contributed by atoms with Gasteiger partial charge in [0.1, 0.15) is 11.6 Å². The van der Waals surface area contributed by atoms with Crippen molar-refractivity contribution in [1.29, 1.82) is 0 Å². The predicted octanol–water partition coefficient (Wildman–Crippen LogP) is 2.51. The zero-order valence-electron chi connectivity index (χ0n) is 9.84. The zero-order chi connectivity index (χ0) is 13.7. The molecule has 0 aliphatic rings. The van der Waals surface area contributed by atoms with Gasteiger partial charge in [-0.05, 0) is 18.6 Å². The Hall–Kier alpha value is -1.20. The molecule has 2 N–H and O–H groups in total. The molecule has 1 amide bonds. The minimum absolute atomic E-state index is 0.00361. The highest BCUT2D eigenvalue weighted by Gasteiger charge is 2.16. The molecule has 0 spiro atoms. The molecule has 100 valence electrons. The number of carbonyl (C=O) groups is 1. The molecule has 3 nitrogen and oxygen atoms in total. The van der Waals surface area contributed by atoms with E-state index in [0.29, 0.717) is 6.42 Å². The highest BCUT2D eigenvalue weighted by atomic mass is 35.5. The lowest BCUT2D eigenvalue weighted by Gasteiger charge is -2.11. The van der Waals surface area contributed by atoms with Crippen LogP contribution in [0.5, 0.6) is 0 Å². The first kappa shape index (κ1) is 14.9. The van der Waals surface area contributed by atoms with Gasteiger partial charge in [-0.25, -0.2) is 8.78 Å². The average molecular weight is 278 g/mol. The summed E-state index contributed by atoms with van der Waals surface area (Å²) in [6.45, 7) is 1.88. The Morgan fingerprint density at radius 3 is 2.72 bits per heavy atom. The SMILES string of the molecule is CCCC(O)CNC(=O)c1cc(F)c(Cl)cc1F. The number of aliphatic hydroxyl groups is 1. The van der Waals surface area contributed by atoms with Crippen molar-refractivity contribution in [3.8, 4) is 0 Å². The lowest BCUT2D eigenvalue weighted by atomic mass is 10.1. The fourth-order valence-corrected chi connectivity index (χ4v) is 1.59. The third kappa shape index (κ3) is 3.92. The molecular weight excluding hydrogens is 264 g/mol. The first-order valence-corrected chi connectivity index (χ1v) is 5.94. The maximum absolute atomic E-state index is 13.4. The van der Waals surface area contributed by atoms with Gasteiger partial charge < -0.3 is 10.4 Å². The Morgan fingerprint density at radius 1 is 1.44 bits per heavy atom. The van der Waals surface area contributed by atoms with Gasteiger partial charge in [-0.2, -0.15) is 0 Å². The number of nitrogens with one attached hydrogen (secondary N) is 1. The van der Waals surface area contributed by atoms with E-state index in [0.717, 1.165) is 18.6 Å². The molecule has 1 unspecified atom stereocenters. The Morgan fingerprint density at radius 2 is 2.11 bits per heavy atom. The van der Waals surface area contributed by atoms with Crippen LogP contribution in [-0.4, -0.2) is 23.7 Å². The smallest absolute Gasteiger partial charge is 0.254 e. The molecule has 0 aromatic heterocycles. The Labute approximate surface area is 109 Å². The van der Waals surface area contributed by atoms with Crippen LogP contribution >= 0.6 is 11.6 Å². The van der Waals surface area contributed by atoms with Crippen LogP contribution in [0.25, 0.3) is 0 Å². The van der Waals surface area contributed by atoms with E-state index in [1.165, 1.54) is 0 Å². The van der Waals surface area contributed by atoms with Crippen LogP contribution < -0.4 is 5.32 Å². The van der Waals surface area contributed by atoms with Crippen LogP contribution in [0.3, 0.4) is 0 Å². The highest BCUT2D eigenvalue weighted by molar-refractivity contribution is 6.30. The number of aliphatic hydroxyl groups excluding tert-OH is 1. The third-order valence-corrected chi connectivity index (χ3v) is 2.66. The topological polar surface area (TPSA) is 49.3 Å². The predicted molar refractivity (Wildman–Crippen MR) is 64.6 cm³/mol. The highest BCUT2D eigenvalue weighted by Crippen LogP contribution is 2.19. The van der Waals surface area contributed by atoms with Crippen LogP contribution in [0.15, 0.2) is 12.1 Å². The van der Waals surface area contributed by atoms with E-state index in [-0.39, 0.29) is 11.6 Å². The van der Waals surface area contributed by atoms with Crippen molar-refractivity contribution in [3.63, 3.8) is 0 Å². The molecule has 0 bridgehead atoms. The molecule has 1 atom stereocenters. The Bertz CT molecular complexity index is 440. The monoisotopic (exact) mass is 277 g/mol. The van der Waals surface area contributed by atoms with Crippen LogP contribution in [0.2, 0.25) is 5.02 Å². The number of carbonyl (C=O) groups excluding carboxylic acids is 1. The summed E-state index contributed by atoms with van der Waals surface area (Å²) in [4.78, 5) is 11.6. The van der Waals surface area contributed by atoms with Crippen LogP contribution in [0.4, 0.5) is 8.78 Å². The summed E-state index contributed by atoms with van der Waals surface area (Å²) in [5.41, 5.74) is -0.430. The van der Waals surface area contributed by atoms with Gasteiger partial charge in [-0.3, -0.25) is 4.79 Å². The molecule has 6 heteroatoms. The van der Waals surface area contributed by atoms with E-state index in [1.807, 2.05) is 6.92 Å². The van der Waals surface area contributed by atoms with Gasteiger partial charge in [0.15, 0.2) is 0 Å². The summed E-state index contributed by atoms with van der Waals surface area (Å²) in [5, 5.41) is 11.4. The lowest BCUT2D eigenvalue weighted by Crippen LogP contribution is -2.32. The number of benzene rings is 1. The van der Waals surface area contributed by atoms with Crippen LogP contribution in [0.1, 0.15) is 30.1 Å². The van der Waals surface area contributed by atoms with Crippen molar-refractivity contribution in [1.82, 2.24) is 5.32 Å². The van der Waals surface area contributed by atoms with Gasteiger partial charge in [0, 0.05) is 6.54 Å². The quantitative estimate of drug-likeness (QED) is 0.813. The summed E-state index contributed by atoms with van der Waals surface area (Å²) >= 11 is 5.37. The van der Waals surface area contributed by atoms with E-state index in [9.17, 15) is 18.7 Å². The van der Waals surface area contributed by atoms with E-state index < -0.39 is 29.2 Å². The fraction of sp³-hybridized carbons (Fsp3) is 0.417. The molecule has 0 radical (unpaired) electrons. The van der Waals surface area contributed by atoms with Crippen molar-refractivity contribution in [2.24, 2.45) is 0 Å². The number of hydrogen-bond acceptors (Lipinski definition) is 2. The lowest BCUT2D eigenvalue weighted by molar-refractivity contribution is 0.0905. The van der Waals surface area contributed by atoms with Crippen molar-refractivity contribution in [2.45, 2.75) is 25.9 Å². The van der Waals surface area contributed by atoms with E-state index in [1.54, 1.807) is 0 Å². The maximum atomic E-state index is 13.4. The average Bonchev–Trinajstić information content (AvgIpc) is 2.31. The van der Waals surface area contributed by atoms with Gasteiger partial charge in [-0.1, -0.05) is 24.9 Å². The molecule has 1 rings (SSSR count). The molecule has 0 saturated heterocycles. The molecule has 0 aliphatic heterocycles. The number of halogens is 3. The van der Waals surface area contributed by atoms with Crippen molar-refractivity contribution < 1.29 is 18.7 Å². The fourth-order valence-electron chi connectivity index (χ4n) is 1.44. The second-order valence-corrected chi connectivity index (χ2v) is 4.31. The van der Waals surface area contributed by atoms with E-state index in [2.05, 4.69) is 5.32 Å². The third-order valence-electron chi connectivity index (χ3n) is 2.37. The van der Waals surface area contributed by atoms with Crippen molar-refractivity contribution in [3.05, 3.63) is 34.4 Å². The second kappa shape index (κ2) is 6.66. The molecule has 0 heterocycles. The maximum Gasteiger partial charge on any atom is 0.254 e. The normalized spacial score (nSPS) is 12.3. The standard InChI is InChI=1S/C12H14ClF2NO2/c1-2-3-7(17)6-16-12(18)8-4-11(15)9(13)5-10(8)14/h4-5,7,17H,2-3,6H2,1H3,(H,16,18). The largest absolute Gasteiger partial charge is 0.391 e. The van der Waals surface area contributed by atoms with Crippen LogP contribution in [-0.2, 0) is 0 Å². The summed E-state index contributed by atoms with van der Waals surface area (Å²) in [6.07, 6.45) is 0.595. The molecule has 18 heavy (non-hydrogen) atoms. The summed E-state index contributed by atoms with van der Waals surface area (Å²) < 4.78 is 26.5. The second-order valence-electron chi connectivity index (χ2n) is 3.90. The van der Waals surface area contributed by atoms with Gasteiger partial charge in [0.05, 0.1) is 16.7 Å². The Kier molecular flexibility index (Phi) is 5.50. The first-order chi connectivity index (χ1) is 8.45. The van der Waals surface area contributed by atoms with Crippen molar-refractivity contribution >= 4 is 17.5 Å². The molecule has 1 aromatic rings. The minimum atomic E-state index is -0.899. The summed E-state index contributed by atoms with van der Waals surface area (Å²) in [6, 6.07) is 1.48.